The van der Waals surface area contributed by atoms with Crippen LogP contribution in [0.15, 0.2) is 22.7 Å². The van der Waals surface area contributed by atoms with Gasteiger partial charge in [0.2, 0.25) is 11.8 Å². The van der Waals surface area contributed by atoms with Crippen molar-refractivity contribution in [2.75, 3.05) is 18.4 Å². The molecule has 1 fully saturated rings. The average molecular weight is 353 g/mol. The number of carbonyl (C=O) groups excluding carboxylic acids is 2. The van der Waals surface area contributed by atoms with Crippen molar-refractivity contribution in [2.45, 2.75) is 39.0 Å². The molecule has 0 bridgehead atoms. The first-order valence-corrected chi connectivity index (χ1v) is 8.19. The van der Waals surface area contributed by atoms with Gasteiger partial charge in [0.15, 0.2) is 0 Å². The van der Waals surface area contributed by atoms with Crippen LogP contribution in [0.4, 0.5) is 5.69 Å². The third-order valence-electron chi connectivity index (χ3n) is 3.71. The second-order valence-corrected chi connectivity index (χ2v) is 6.35. The van der Waals surface area contributed by atoms with Crippen molar-refractivity contribution in [3.63, 3.8) is 0 Å². The molecule has 2 rings (SSSR count). The minimum Gasteiger partial charge on any atom is -0.333 e. The Balaban J connectivity index is 1.93. The standard InChI is InChI=1S/C16H21BrN2O2/c1-12-7-8-13(10-14(12)17)18-15(20)11-19-9-5-3-2-4-6-16(19)21/h7-8,10H,2-6,9,11H2,1H3,(H,18,20). The molecule has 1 aliphatic rings. The van der Waals surface area contributed by atoms with Crippen LogP contribution in [0.2, 0.25) is 0 Å². The topological polar surface area (TPSA) is 49.4 Å². The summed E-state index contributed by atoms with van der Waals surface area (Å²) in [6, 6.07) is 5.69. The fourth-order valence-corrected chi connectivity index (χ4v) is 2.81. The number of anilines is 1. The van der Waals surface area contributed by atoms with Gasteiger partial charge in [0, 0.05) is 23.1 Å². The molecule has 5 heteroatoms. The second kappa shape index (κ2) is 7.59. The first-order valence-electron chi connectivity index (χ1n) is 7.40. The highest BCUT2D eigenvalue weighted by molar-refractivity contribution is 9.10. The fraction of sp³-hybridized carbons (Fsp3) is 0.500. The first-order chi connectivity index (χ1) is 10.1. The Morgan fingerprint density at radius 2 is 2.05 bits per heavy atom. The number of likely N-dealkylation sites (tertiary alicyclic amines) is 1. The number of hydrogen-bond acceptors (Lipinski definition) is 2. The summed E-state index contributed by atoms with van der Waals surface area (Å²) in [6.07, 6.45) is 4.72. The van der Waals surface area contributed by atoms with Crippen molar-refractivity contribution in [3.05, 3.63) is 28.2 Å². The van der Waals surface area contributed by atoms with Crippen LogP contribution in [0.3, 0.4) is 0 Å². The highest BCUT2D eigenvalue weighted by atomic mass is 79.9. The summed E-state index contributed by atoms with van der Waals surface area (Å²) in [5.41, 5.74) is 1.86. The van der Waals surface area contributed by atoms with Crippen LogP contribution in [0.5, 0.6) is 0 Å². The SMILES string of the molecule is Cc1ccc(NC(=O)CN2CCCCCCC2=O)cc1Br. The monoisotopic (exact) mass is 352 g/mol. The summed E-state index contributed by atoms with van der Waals surface area (Å²) in [4.78, 5) is 25.8. The predicted octanol–water partition coefficient (Wildman–Crippen LogP) is 3.49. The Hall–Kier alpha value is -1.36. The van der Waals surface area contributed by atoms with Crippen molar-refractivity contribution < 1.29 is 9.59 Å². The number of halogens is 1. The molecule has 0 saturated carbocycles. The van der Waals surface area contributed by atoms with Gasteiger partial charge in [-0.05, 0) is 37.5 Å². The van der Waals surface area contributed by atoms with Crippen LogP contribution in [0.25, 0.3) is 0 Å². The molecule has 1 aliphatic heterocycles. The van der Waals surface area contributed by atoms with Gasteiger partial charge in [-0.1, -0.05) is 34.8 Å². The summed E-state index contributed by atoms with van der Waals surface area (Å²) >= 11 is 3.45. The lowest BCUT2D eigenvalue weighted by Crippen LogP contribution is -2.39. The molecule has 0 atom stereocenters. The molecule has 1 heterocycles. The Kier molecular flexibility index (Phi) is 5.79. The molecule has 114 valence electrons. The van der Waals surface area contributed by atoms with Crippen LogP contribution in [-0.2, 0) is 9.59 Å². The van der Waals surface area contributed by atoms with E-state index < -0.39 is 0 Å². The minimum atomic E-state index is -0.139. The van der Waals surface area contributed by atoms with E-state index in [0.29, 0.717) is 13.0 Å². The van der Waals surface area contributed by atoms with E-state index in [2.05, 4.69) is 21.2 Å². The van der Waals surface area contributed by atoms with E-state index in [-0.39, 0.29) is 18.4 Å². The van der Waals surface area contributed by atoms with Gasteiger partial charge in [-0.3, -0.25) is 9.59 Å². The second-order valence-electron chi connectivity index (χ2n) is 5.49. The molecule has 0 unspecified atom stereocenters. The van der Waals surface area contributed by atoms with E-state index >= 15 is 0 Å². The highest BCUT2D eigenvalue weighted by Crippen LogP contribution is 2.20. The Labute approximate surface area is 134 Å². The van der Waals surface area contributed by atoms with Gasteiger partial charge in [-0.25, -0.2) is 0 Å². The van der Waals surface area contributed by atoms with E-state index in [4.69, 9.17) is 0 Å². The number of aryl methyl sites for hydroxylation is 1. The molecule has 2 amide bonds. The van der Waals surface area contributed by atoms with Crippen LogP contribution in [0.1, 0.15) is 37.7 Å². The summed E-state index contributed by atoms with van der Waals surface area (Å²) < 4.78 is 0.961. The zero-order valence-electron chi connectivity index (χ0n) is 12.3. The maximum atomic E-state index is 12.1. The number of hydrogen-bond donors (Lipinski definition) is 1. The molecule has 0 aliphatic carbocycles. The summed E-state index contributed by atoms with van der Waals surface area (Å²) in [5.74, 6) is -0.0467. The quantitative estimate of drug-likeness (QED) is 0.904. The zero-order chi connectivity index (χ0) is 15.2. The van der Waals surface area contributed by atoms with E-state index in [0.717, 1.165) is 41.4 Å². The summed E-state index contributed by atoms with van der Waals surface area (Å²) in [7, 11) is 0. The Bertz CT molecular complexity index is 531. The Morgan fingerprint density at radius 1 is 1.29 bits per heavy atom. The van der Waals surface area contributed by atoms with Gasteiger partial charge in [0.25, 0.3) is 0 Å². The zero-order valence-corrected chi connectivity index (χ0v) is 13.9. The van der Waals surface area contributed by atoms with Gasteiger partial charge in [0.05, 0.1) is 6.54 Å². The van der Waals surface area contributed by atoms with E-state index in [1.165, 1.54) is 0 Å². The van der Waals surface area contributed by atoms with Crippen molar-refractivity contribution in [2.24, 2.45) is 0 Å². The van der Waals surface area contributed by atoms with Crippen LogP contribution in [-0.4, -0.2) is 29.8 Å². The molecule has 1 aromatic rings. The van der Waals surface area contributed by atoms with Crippen LogP contribution in [0, 0.1) is 6.92 Å². The van der Waals surface area contributed by atoms with Crippen molar-refractivity contribution >= 4 is 33.4 Å². The van der Waals surface area contributed by atoms with E-state index in [1.54, 1.807) is 4.90 Å². The van der Waals surface area contributed by atoms with Gasteiger partial charge in [-0.15, -0.1) is 0 Å². The third-order valence-corrected chi connectivity index (χ3v) is 4.57. The van der Waals surface area contributed by atoms with Gasteiger partial charge in [-0.2, -0.15) is 0 Å². The van der Waals surface area contributed by atoms with E-state index in [1.807, 2.05) is 25.1 Å². The van der Waals surface area contributed by atoms with Crippen LogP contribution < -0.4 is 5.32 Å². The number of nitrogens with one attached hydrogen (secondary N) is 1. The average Bonchev–Trinajstić information content (AvgIpc) is 2.43. The number of nitrogens with zero attached hydrogens (tertiary/aromatic N) is 1. The molecule has 1 N–H and O–H groups in total. The number of benzene rings is 1. The Morgan fingerprint density at radius 3 is 2.81 bits per heavy atom. The summed E-state index contributed by atoms with van der Waals surface area (Å²) in [6.45, 7) is 2.82. The lowest BCUT2D eigenvalue weighted by molar-refractivity contribution is -0.135. The molecular formula is C16H21BrN2O2. The molecule has 21 heavy (non-hydrogen) atoms. The minimum absolute atomic E-state index is 0.0925. The number of rotatable bonds is 3. The lowest BCUT2D eigenvalue weighted by Gasteiger charge is -2.24. The van der Waals surface area contributed by atoms with Gasteiger partial charge in [0.1, 0.15) is 0 Å². The molecule has 0 aromatic heterocycles. The lowest BCUT2D eigenvalue weighted by atomic mass is 10.1. The normalized spacial score (nSPS) is 16.3. The predicted molar refractivity (Wildman–Crippen MR) is 87.2 cm³/mol. The highest BCUT2D eigenvalue weighted by Gasteiger charge is 2.18. The van der Waals surface area contributed by atoms with Crippen LogP contribution >= 0.6 is 15.9 Å². The van der Waals surface area contributed by atoms with Crippen molar-refractivity contribution in [1.29, 1.82) is 0 Å². The summed E-state index contributed by atoms with van der Waals surface area (Å²) in [5, 5.41) is 2.85. The molecule has 0 spiro atoms. The van der Waals surface area contributed by atoms with E-state index in [9.17, 15) is 9.59 Å². The number of amides is 2. The molecule has 1 aromatic carbocycles. The third kappa shape index (κ3) is 4.84. The molecular weight excluding hydrogens is 332 g/mol. The smallest absolute Gasteiger partial charge is 0.243 e. The van der Waals surface area contributed by atoms with Gasteiger partial charge >= 0.3 is 0 Å². The fourth-order valence-electron chi connectivity index (χ4n) is 2.43. The first kappa shape index (κ1) is 16.0. The molecule has 1 saturated heterocycles. The molecule has 4 nitrogen and oxygen atoms in total. The maximum Gasteiger partial charge on any atom is 0.243 e. The molecule has 0 radical (unpaired) electrons. The van der Waals surface area contributed by atoms with Gasteiger partial charge < -0.3 is 10.2 Å². The maximum absolute atomic E-state index is 12.1. The van der Waals surface area contributed by atoms with Crippen molar-refractivity contribution in [3.8, 4) is 0 Å². The number of carbonyl (C=O) groups is 2. The largest absolute Gasteiger partial charge is 0.333 e. The van der Waals surface area contributed by atoms with Crippen molar-refractivity contribution in [1.82, 2.24) is 4.90 Å².